The summed E-state index contributed by atoms with van der Waals surface area (Å²) < 4.78 is 10.1. The van der Waals surface area contributed by atoms with E-state index < -0.39 is 0 Å². The number of esters is 1. The lowest BCUT2D eigenvalue weighted by Crippen LogP contribution is -2.07. The largest absolute Gasteiger partial charge is 0.495 e. The molecule has 1 aromatic carbocycles. The second-order valence-electron chi connectivity index (χ2n) is 3.45. The third kappa shape index (κ3) is 3.15. The summed E-state index contributed by atoms with van der Waals surface area (Å²) in [5.74, 6) is 0.216. The Bertz CT molecular complexity index is 363. The number of anilines is 1. The van der Waals surface area contributed by atoms with Crippen LogP contribution in [0.4, 0.5) is 5.69 Å². The molecule has 1 aromatic rings. The van der Waals surface area contributed by atoms with E-state index in [1.165, 1.54) is 7.11 Å². The van der Waals surface area contributed by atoms with Gasteiger partial charge in [-0.25, -0.2) is 4.79 Å². The maximum Gasteiger partial charge on any atom is 0.338 e. The highest BCUT2D eigenvalue weighted by Gasteiger charge is 2.09. The molecule has 1 rings (SSSR count). The van der Waals surface area contributed by atoms with Crippen LogP contribution in [0.5, 0.6) is 5.75 Å². The number of carbonyl (C=O) groups excluding carboxylic acids is 1. The van der Waals surface area contributed by atoms with Crippen molar-refractivity contribution in [1.82, 2.24) is 0 Å². The van der Waals surface area contributed by atoms with Crippen LogP contribution < -0.4 is 10.5 Å². The van der Waals surface area contributed by atoms with Gasteiger partial charge in [0.25, 0.3) is 0 Å². The third-order valence-corrected chi connectivity index (χ3v) is 2.20. The molecule has 2 N–H and O–H groups in total. The van der Waals surface area contributed by atoms with E-state index in [1.807, 2.05) is 6.92 Å². The Morgan fingerprint density at radius 3 is 2.75 bits per heavy atom. The van der Waals surface area contributed by atoms with Gasteiger partial charge in [-0.05, 0) is 24.6 Å². The lowest BCUT2D eigenvalue weighted by molar-refractivity contribution is 0.0500. The Morgan fingerprint density at radius 2 is 2.19 bits per heavy atom. The van der Waals surface area contributed by atoms with E-state index in [4.69, 9.17) is 15.2 Å². The topological polar surface area (TPSA) is 61.5 Å². The van der Waals surface area contributed by atoms with Crippen molar-refractivity contribution in [2.24, 2.45) is 0 Å². The lowest BCUT2D eigenvalue weighted by Gasteiger charge is -2.07. The predicted molar refractivity (Wildman–Crippen MR) is 62.6 cm³/mol. The number of methoxy groups -OCH3 is 1. The van der Waals surface area contributed by atoms with Crippen molar-refractivity contribution in [3.05, 3.63) is 23.8 Å². The minimum Gasteiger partial charge on any atom is -0.495 e. The molecule has 0 bridgehead atoms. The van der Waals surface area contributed by atoms with Crippen LogP contribution in [0.25, 0.3) is 0 Å². The van der Waals surface area contributed by atoms with E-state index >= 15 is 0 Å². The van der Waals surface area contributed by atoms with E-state index in [-0.39, 0.29) is 5.97 Å². The molecule has 0 unspecified atom stereocenters. The van der Waals surface area contributed by atoms with Crippen molar-refractivity contribution >= 4 is 11.7 Å². The molecule has 4 nitrogen and oxygen atoms in total. The molecule has 0 saturated heterocycles. The van der Waals surface area contributed by atoms with E-state index in [0.29, 0.717) is 23.6 Å². The number of rotatable bonds is 5. The van der Waals surface area contributed by atoms with Gasteiger partial charge in [-0.1, -0.05) is 13.3 Å². The van der Waals surface area contributed by atoms with Crippen LogP contribution in [0, 0.1) is 0 Å². The summed E-state index contributed by atoms with van der Waals surface area (Å²) >= 11 is 0. The molecule has 0 aliphatic carbocycles. The van der Waals surface area contributed by atoms with Crippen molar-refractivity contribution in [3.8, 4) is 5.75 Å². The Kier molecular flexibility index (Phi) is 4.64. The molecule has 0 fully saturated rings. The zero-order chi connectivity index (χ0) is 12.0. The van der Waals surface area contributed by atoms with Crippen molar-refractivity contribution < 1.29 is 14.3 Å². The van der Waals surface area contributed by atoms with Crippen LogP contribution in [0.3, 0.4) is 0 Å². The van der Waals surface area contributed by atoms with Gasteiger partial charge in [-0.2, -0.15) is 0 Å². The van der Waals surface area contributed by atoms with Crippen LogP contribution >= 0.6 is 0 Å². The number of benzene rings is 1. The fourth-order valence-electron chi connectivity index (χ4n) is 1.25. The first-order chi connectivity index (χ1) is 7.69. The number of carbonyl (C=O) groups is 1. The van der Waals surface area contributed by atoms with Crippen LogP contribution in [-0.2, 0) is 4.74 Å². The highest BCUT2D eigenvalue weighted by molar-refractivity contribution is 5.91. The molecule has 88 valence electrons. The number of hydrogen-bond acceptors (Lipinski definition) is 4. The van der Waals surface area contributed by atoms with Crippen LogP contribution in [0.2, 0.25) is 0 Å². The van der Waals surface area contributed by atoms with Crippen LogP contribution in [-0.4, -0.2) is 19.7 Å². The molecule has 0 aliphatic heterocycles. The summed E-state index contributed by atoms with van der Waals surface area (Å²) in [6, 6.07) is 4.86. The average molecular weight is 223 g/mol. The zero-order valence-corrected chi connectivity index (χ0v) is 9.66. The summed E-state index contributed by atoms with van der Waals surface area (Å²) in [5.41, 5.74) is 6.58. The maximum absolute atomic E-state index is 11.6. The number of unbranched alkanes of at least 4 members (excludes halogenated alkanes) is 1. The van der Waals surface area contributed by atoms with Gasteiger partial charge in [0.05, 0.1) is 25.0 Å². The summed E-state index contributed by atoms with van der Waals surface area (Å²) in [6.07, 6.45) is 1.87. The van der Waals surface area contributed by atoms with Gasteiger partial charge in [0.1, 0.15) is 5.75 Å². The molecule has 0 radical (unpaired) electrons. The molecule has 0 aromatic heterocycles. The van der Waals surface area contributed by atoms with E-state index in [0.717, 1.165) is 12.8 Å². The Labute approximate surface area is 95.3 Å². The van der Waals surface area contributed by atoms with Gasteiger partial charge >= 0.3 is 5.97 Å². The van der Waals surface area contributed by atoms with Gasteiger partial charge in [-0.15, -0.1) is 0 Å². The second kappa shape index (κ2) is 6.00. The molecule has 0 spiro atoms. The Morgan fingerprint density at radius 1 is 1.44 bits per heavy atom. The highest BCUT2D eigenvalue weighted by atomic mass is 16.5. The van der Waals surface area contributed by atoms with Crippen LogP contribution in [0.1, 0.15) is 30.1 Å². The average Bonchev–Trinajstić information content (AvgIpc) is 2.29. The molecule has 0 saturated carbocycles. The smallest absolute Gasteiger partial charge is 0.338 e. The highest BCUT2D eigenvalue weighted by Crippen LogP contribution is 2.22. The molecule has 0 heterocycles. The summed E-state index contributed by atoms with van der Waals surface area (Å²) in [4.78, 5) is 11.6. The van der Waals surface area contributed by atoms with E-state index in [2.05, 4.69) is 0 Å². The van der Waals surface area contributed by atoms with E-state index in [9.17, 15) is 4.79 Å². The number of nitrogens with two attached hydrogens (primary N) is 1. The molecule has 0 aliphatic rings. The van der Waals surface area contributed by atoms with Crippen molar-refractivity contribution in [3.63, 3.8) is 0 Å². The zero-order valence-electron chi connectivity index (χ0n) is 9.66. The second-order valence-corrected chi connectivity index (χ2v) is 3.45. The first-order valence-corrected chi connectivity index (χ1v) is 5.29. The monoisotopic (exact) mass is 223 g/mol. The molecular weight excluding hydrogens is 206 g/mol. The van der Waals surface area contributed by atoms with Crippen molar-refractivity contribution in [1.29, 1.82) is 0 Å². The summed E-state index contributed by atoms with van der Waals surface area (Å²) in [6.45, 7) is 2.49. The Balaban J connectivity index is 2.66. The summed E-state index contributed by atoms with van der Waals surface area (Å²) in [5, 5.41) is 0. The SMILES string of the molecule is CCCCOC(=O)c1ccc(OC)c(N)c1. The molecule has 16 heavy (non-hydrogen) atoms. The standard InChI is InChI=1S/C12H17NO3/c1-3-4-7-16-12(14)9-5-6-11(15-2)10(13)8-9/h5-6,8H,3-4,7,13H2,1-2H3. The summed E-state index contributed by atoms with van der Waals surface area (Å²) in [7, 11) is 1.53. The third-order valence-electron chi connectivity index (χ3n) is 2.20. The maximum atomic E-state index is 11.6. The van der Waals surface area contributed by atoms with Gasteiger partial charge < -0.3 is 15.2 Å². The number of hydrogen-bond donors (Lipinski definition) is 1. The number of nitrogen functional groups attached to an aromatic ring is 1. The normalized spacial score (nSPS) is 9.88. The molecule has 0 amide bonds. The quantitative estimate of drug-likeness (QED) is 0.472. The fraction of sp³-hybridized carbons (Fsp3) is 0.417. The Hall–Kier alpha value is -1.71. The van der Waals surface area contributed by atoms with Gasteiger partial charge in [0.2, 0.25) is 0 Å². The van der Waals surface area contributed by atoms with Gasteiger partial charge in [-0.3, -0.25) is 0 Å². The predicted octanol–water partition coefficient (Wildman–Crippen LogP) is 2.23. The van der Waals surface area contributed by atoms with Crippen molar-refractivity contribution in [2.75, 3.05) is 19.5 Å². The minimum atomic E-state index is -0.345. The first-order valence-electron chi connectivity index (χ1n) is 5.29. The molecule has 4 heteroatoms. The minimum absolute atomic E-state index is 0.345. The van der Waals surface area contributed by atoms with E-state index in [1.54, 1.807) is 18.2 Å². The molecular formula is C12H17NO3. The first kappa shape index (κ1) is 12.4. The lowest BCUT2D eigenvalue weighted by atomic mass is 10.2. The van der Waals surface area contributed by atoms with Crippen molar-refractivity contribution in [2.45, 2.75) is 19.8 Å². The van der Waals surface area contributed by atoms with Crippen LogP contribution in [0.15, 0.2) is 18.2 Å². The molecule has 0 atom stereocenters. The van der Waals surface area contributed by atoms with Gasteiger partial charge in [0.15, 0.2) is 0 Å². The fourth-order valence-corrected chi connectivity index (χ4v) is 1.25. The number of ether oxygens (including phenoxy) is 2. The van der Waals surface area contributed by atoms with Gasteiger partial charge in [0, 0.05) is 0 Å².